The second-order valence-corrected chi connectivity index (χ2v) is 14.3. The molecule has 3 aliphatic rings. The lowest BCUT2D eigenvalue weighted by molar-refractivity contribution is -0.119. The molecule has 0 unspecified atom stereocenters. The maximum Gasteiger partial charge on any atom is 0.174 e. The summed E-state index contributed by atoms with van der Waals surface area (Å²) in [5.41, 5.74) is 4.76. The normalized spacial score (nSPS) is 20.4. The minimum Gasteiger partial charge on any atom is -0.493 e. The highest BCUT2D eigenvalue weighted by Gasteiger charge is 2.46. The first-order valence-electron chi connectivity index (χ1n) is 13.0. The van der Waals surface area contributed by atoms with Crippen LogP contribution in [0.1, 0.15) is 70.4 Å². The lowest BCUT2D eigenvalue weighted by Gasteiger charge is -2.44. The Hall–Kier alpha value is -2.03. The Morgan fingerprint density at radius 1 is 0.897 bits per heavy atom. The van der Waals surface area contributed by atoms with Gasteiger partial charge in [0.25, 0.3) is 0 Å². The summed E-state index contributed by atoms with van der Waals surface area (Å²) >= 11 is 14.5. The number of ketones is 2. The molecule has 0 saturated carbocycles. The highest BCUT2D eigenvalue weighted by molar-refractivity contribution is 14.1. The third-order valence-electron chi connectivity index (χ3n) is 7.67. The van der Waals surface area contributed by atoms with Crippen LogP contribution in [0.5, 0.6) is 11.5 Å². The second kappa shape index (κ2) is 10.4. The first-order valence-corrected chi connectivity index (χ1v) is 14.9. The highest BCUT2D eigenvalue weighted by atomic mass is 127. The molecule has 2 aromatic carbocycles. The minimum atomic E-state index is -0.435. The Morgan fingerprint density at radius 2 is 1.49 bits per heavy atom. The average molecular weight is 680 g/mol. The quantitative estimate of drug-likeness (QED) is 0.323. The van der Waals surface area contributed by atoms with Crippen LogP contribution in [-0.2, 0) is 16.2 Å². The smallest absolute Gasteiger partial charge is 0.174 e. The standard InChI is InChI=1S/C31H32Cl2INO4/c1-30(2)11-21-27(23(36)13-30)26(28-22(35-21)12-31(3,4)14-24(28)37)17-9-20(34)29(25(10-17)38-5)39-15-16-6-7-18(32)19(33)8-16/h6-10,26,35H,11-15H2,1-5H3. The monoisotopic (exact) mass is 679 g/mol. The molecule has 2 aliphatic carbocycles. The van der Waals surface area contributed by atoms with Crippen molar-refractivity contribution in [2.45, 2.75) is 65.9 Å². The Labute approximate surface area is 253 Å². The summed E-state index contributed by atoms with van der Waals surface area (Å²) in [4.78, 5) is 27.3. The number of nitrogens with one attached hydrogen (secondary N) is 1. The zero-order valence-corrected chi connectivity index (χ0v) is 26.4. The van der Waals surface area contributed by atoms with Gasteiger partial charge in [0.05, 0.1) is 20.7 Å². The number of carbonyl (C=O) groups excluding carboxylic acids is 2. The number of rotatable bonds is 5. The Morgan fingerprint density at radius 3 is 2.03 bits per heavy atom. The van der Waals surface area contributed by atoms with Crippen molar-refractivity contribution in [3.63, 3.8) is 0 Å². The van der Waals surface area contributed by atoms with Crippen LogP contribution in [0.2, 0.25) is 10.0 Å². The maximum atomic E-state index is 13.6. The fourth-order valence-corrected chi connectivity index (χ4v) is 7.16. The Balaban J connectivity index is 1.58. The van der Waals surface area contributed by atoms with Gasteiger partial charge in [-0.2, -0.15) is 0 Å². The summed E-state index contributed by atoms with van der Waals surface area (Å²) < 4.78 is 12.8. The zero-order valence-electron chi connectivity index (χ0n) is 22.8. The van der Waals surface area contributed by atoms with Crippen LogP contribution in [0.3, 0.4) is 0 Å². The number of allylic oxidation sites excluding steroid dienone is 4. The fraction of sp³-hybridized carbons (Fsp3) is 0.419. The van der Waals surface area contributed by atoms with E-state index < -0.39 is 5.92 Å². The molecule has 5 nitrogen and oxygen atoms in total. The van der Waals surface area contributed by atoms with Crippen molar-refractivity contribution in [2.24, 2.45) is 10.8 Å². The molecule has 0 fully saturated rings. The van der Waals surface area contributed by atoms with E-state index in [1.807, 2.05) is 18.2 Å². The first-order chi connectivity index (χ1) is 18.3. The molecule has 0 spiro atoms. The van der Waals surface area contributed by atoms with Gasteiger partial charge >= 0.3 is 0 Å². The summed E-state index contributed by atoms with van der Waals surface area (Å²) in [5, 5.41) is 4.53. The van der Waals surface area contributed by atoms with E-state index in [2.05, 4.69) is 55.6 Å². The van der Waals surface area contributed by atoms with E-state index >= 15 is 0 Å². The number of hydrogen-bond donors (Lipinski definition) is 1. The summed E-state index contributed by atoms with van der Waals surface area (Å²) in [6.45, 7) is 8.77. The number of carbonyl (C=O) groups is 2. The van der Waals surface area contributed by atoms with Crippen molar-refractivity contribution in [1.82, 2.24) is 5.32 Å². The molecule has 0 amide bonds. The molecule has 1 heterocycles. The molecule has 1 aliphatic heterocycles. The number of hydrogen-bond acceptors (Lipinski definition) is 5. The molecular formula is C31H32Cl2INO4. The van der Waals surface area contributed by atoms with Gasteiger partial charge in [0.2, 0.25) is 0 Å². The number of ether oxygens (including phenoxy) is 2. The summed E-state index contributed by atoms with van der Waals surface area (Å²) in [6.07, 6.45) is 2.42. The van der Waals surface area contributed by atoms with E-state index in [9.17, 15) is 9.59 Å². The number of halogens is 3. The molecule has 8 heteroatoms. The molecule has 0 radical (unpaired) electrons. The average Bonchev–Trinajstić information content (AvgIpc) is 2.82. The second-order valence-electron chi connectivity index (χ2n) is 12.3. The van der Waals surface area contributed by atoms with Gasteiger partial charge in [-0.05, 0) is 81.7 Å². The van der Waals surface area contributed by atoms with Crippen molar-refractivity contribution < 1.29 is 19.1 Å². The van der Waals surface area contributed by atoms with Crippen molar-refractivity contribution in [3.05, 3.63) is 77.6 Å². The van der Waals surface area contributed by atoms with E-state index in [0.29, 0.717) is 45.5 Å². The van der Waals surface area contributed by atoms with E-state index in [4.69, 9.17) is 32.7 Å². The van der Waals surface area contributed by atoms with Crippen molar-refractivity contribution in [2.75, 3.05) is 7.11 Å². The third kappa shape index (κ3) is 5.62. The summed E-state index contributed by atoms with van der Waals surface area (Å²) in [5.74, 6) is 0.896. The van der Waals surface area contributed by atoms with Crippen LogP contribution in [0.4, 0.5) is 0 Å². The van der Waals surface area contributed by atoms with Crippen LogP contribution < -0.4 is 14.8 Å². The molecule has 0 aromatic heterocycles. The molecule has 2 aromatic rings. The molecule has 206 valence electrons. The topological polar surface area (TPSA) is 64.6 Å². The van der Waals surface area contributed by atoms with Gasteiger partial charge in [-0.1, -0.05) is 57.0 Å². The Kier molecular flexibility index (Phi) is 7.61. The lowest BCUT2D eigenvalue weighted by Crippen LogP contribution is -2.42. The lowest BCUT2D eigenvalue weighted by atomic mass is 9.64. The van der Waals surface area contributed by atoms with Gasteiger partial charge in [0, 0.05) is 41.3 Å². The minimum absolute atomic E-state index is 0.0943. The SMILES string of the molecule is COc1cc(C2C3=C(CC(C)(C)CC3=O)NC3=C2C(=O)CC(C)(C)C3)cc(I)c1OCc1ccc(Cl)c(Cl)c1. The van der Waals surface area contributed by atoms with Gasteiger partial charge in [0.15, 0.2) is 23.1 Å². The highest BCUT2D eigenvalue weighted by Crippen LogP contribution is 2.52. The third-order valence-corrected chi connectivity index (χ3v) is 9.21. The van der Waals surface area contributed by atoms with Crippen LogP contribution in [0.25, 0.3) is 0 Å². The number of Topliss-reactive ketones (excluding diaryl/α,β-unsaturated/α-hetero) is 2. The molecule has 5 rings (SSSR count). The van der Waals surface area contributed by atoms with Crippen molar-refractivity contribution in [3.8, 4) is 11.5 Å². The van der Waals surface area contributed by atoms with Gasteiger partial charge in [-0.25, -0.2) is 0 Å². The molecule has 1 N–H and O–H groups in total. The van der Waals surface area contributed by atoms with Gasteiger partial charge in [-0.15, -0.1) is 0 Å². The summed E-state index contributed by atoms with van der Waals surface area (Å²) in [6, 6.07) is 9.31. The van der Waals surface area contributed by atoms with Crippen molar-refractivity contribution >= 4 is 57.4 Å². The van der Waals surface area contributed by atoms with E-state index in [1.165, 1.54) is 0 Å². The predicted octanol–water partition coefficient (Wildman–Crippen LogP) is 8.16. The molecule has 0 saturated heterocycles. The Bertz CT molecular complexity index is 1400. The van der Waals surface area contributed by atoms with Crippen LogP contribution >= 0.6 is 45.8 Å². The summed E-state index contributed by atoms with van der Waals surface area (Å²) in [7, 11) is 1.60. The van der Waals surface area contributed by atoms with Crippen LogP contribution in [0, 0.1) is 14.4 Å². The molecule has 0 atom stereocenters. The predicted molar refractivity (Wildman–Crippen MR) is 162 cm³/mol. The van der Waals surface area contributed by atoms with E-state index in [0.717, 1.165) is 38.9 Å². The van der Waals surface area contributed by atoms with E-state index in [-0.39, 0.29) is 29.0 Å². The van der Waals surface area contributed by atoms with Crippen molar-refractivity contribution in [1.29, 1.82) is 0 Å². The maximum absolute atomic E-state index is 13.6. The number of methoxy groups -OCH3 is 1. The van der Waals surface area contributed by atoms with Crippen LogP contribution in [-0.4, -0.2) is 18.7 Å². The van der Waals surface area contributed by atoms with Crippen LogP contribution in [0.15, 0.2) is 52.9 Å². The van der Waals surface area contributed by atoms with Gasteiger partial charge in [-0.3, -0.25) is 9.59 Å². The zero-order chi connectivity index (χ0) is 28.3. The van der Waals surface area contributed by atoms with E-state index in [1.54, 1.807) is 19.2 Å². The molecule has 0 bridgehead atoms. The number of benzene rings is 2. The van der Waals surface area contributed by atoms with Gasteiger partial charge < -0.3 is 14.8 Å². The first kappa shape index (κ1) is 28.5. The molecular weight excluding hydrogens is 648 g/mol. The number of dihydropyridines is 1. The largest absolute Gasteiger partial charge is 0.493 e. The fourth-order valence-electron chi connectivity index (χ4n) is 6.05. The van der Waals surface area contributed by atoms with Gasteiger partial charge in [0.1, 0.15) is 6.61 Å². The molecule has 39 heavy (non-hydrogen) atoms.